The molecule has 0 saturated carbocycles. The van der Waals surface area contributed by atoms with Gasteiger partial charge in [0.25, 0.3) is 0 Å². The van der Waals surface area contributed by atoms with Gasteiger partial charge in [-0.2, -0.15) is 0 Å². The van der Waals surface area contributed by atoms with Crippen molar-refractivity contribution >= 4 is 22.9 Å². The van der Waals surface area contributed by atoms with E-state index in [2.05, 4.69) is 42.5 Å². The van der Waals surface area contributed by atoms with Gasteiger partial charge in [0.1, 0.15) is 0 Å². The highest BCUT2D eigenvalue weighted by molar-refractivity contribution is 7.10. The van der Waals surface area contributed by atoms with E-state index < -0.39 is 0 Å². The third-order valence-corrected chi connectivity index (χ3v) is 4.66. The summed E-state index contributed by atoms with van der Waals surface area (Å²) in [4.78, 5) is 3.50. The van der Waals surface area contributed by atoms with Gasteiger partial charge in [-0.3, -0.25) is 4.90 Å². The van der Waals surface area contributed by atoms with Crippen molar-refractivity contribution in [1.82, 2.24) is 4.90 Å². The average molecular weight is 295 g/mol. The van der Waals surface area contributed by atoms with Gasteiger partial charge >= 0.3 is 0 Å². The van der Waals surface area contributed by atoms with Gasteiger partial charge in [0.05, 0.1) is 6.04 Å². The maximum absolute atomic E-state index is 6.23. The molecule has 1 aromatic heterocycles. The minimum atomic E-state index is 0.0692. The molecule has 0 bridgehead atoms. The first kappa shape index (κ1) is 14.5. The second-order valence-electron chi connectivity index (χ2n) is 4.79. The van der Waals surface area contributed by atoms with Crippen LogP contribution in [0.2, 0.25) is 5.02 Å². The molecule has 1 aromatic carbocycles. The normalized spacial score (nSPS) is 14.6. The number of thiophene rings is 1. The SMILES string of the molecule is CC(c1ccc(Cl)cc1)N(C)CC(N)c1cccs1. The van der Waals surface area contributed by atoms with Crippen LogP contribution >= 0.6 is 22.9 Å². The van der Waals surface area contributed by atoms with Crippen LogP contribution in [0.15, 0.2) is 41.8 Å². The standard InChI is InChI=1S/C15H19ClN2S/c1-11(12-5-7-13(16)8-6-12)18(2)10-14(17)15-4-3-9-19-15/h3-9,11,14H,10,17H2,1-2H3. The Kier molecular flexibility index (Phi) is 4.99. The van der Waals surface area contributed by atoms with Crippen molar-refractivity contribution in [2.24, 2.45) is 5.73 Å². The highest BCUT2D eigenvalue weighted by Gasteiger charge is 2.16. The summed E-state index contributed by atoms with van der Waals surface area (Å²) in [6.07, 6.45) is 0. The average Bonchev–Trinajstić information content (AvgIpc) is 2.92. The zero-order valence-electron chi connectivity index (χ0n) is 11.2. The minimum Gasteiger partial charge on any atom is -0.322 e. The molecule has 2 rings (SSSR count). The van der Waals surface area contributed by atoms with Crippen molar-refractivity contribution in [3.8, 4) is 0 Å². The Labute approximate surface area is 123 Å². The van der Waals surface area contributed by atoms with Crippen LogP contribution in [-0.2, 0) is 0 Å². The van der Waals surface area contributed by atoms with E-state index in [-0.39, 0.29) is 6.04 Å². The van der Waals surface area contributed by atoms with E-state index in [1.54, 1.807) is 11.3 Å². The second-order valence-corrected chi connectivity index (χ2v) is 6.20. The Balaban J connectivity index is 1.99. The fourth-order valence-electron chi connectivity index (χ4n) is 2.06. The van der Waals surface area contributed by atoms with Crippen LogP contribution in [0, 0.1) is 0 Å². The van der Waals surface area contributed by atoms with Crippen LogP contribution in [-0.4, -0.2) is 18.5 Å². The molecule has 0 spiro atoms. The van der Waals surface area contributed by atoms with Crippen LogP contribution in [0.4, 0.5) is 0 Å². The highest BCUT2D eigenvalue weighted by Crippen LogP contribution is 2.24. The van der Waals surface area contributed by atoms with Crippen molar-refractivity contribution in [3.05, 3.63) is 57.2 Å². The summed E-state index contributed by atoms with van der Waals surface area (Å²) in [5.74, 6) is 0. The lowest BCUT2D eigenvalue weighted by molar-refractivity contribution is 0.247. The highest BCUT2D eigenvalue weighted by atomic mass is 35.5. The van der Waals surface area contributed by atoms with Crippen LogP contribution in [0.3, 0.4) is 0 Å². The molecule has 102 valence electrons. The first-order valence-corrected chi connectivity index (χ1v) is 7.58. The Bertz CT molecular complexity index is 495. The van der Waals surface area contributed by atoms with Gasteiger partial charge in [-0.25, -0.2) is 0 Å². The molecule has 0 aliphatic heterocycles. The van der Waals surface area contributed by atoms with Crippen molar-refractivity contribution in [2.75, 3.05) is 13.6 Å². The molecule has 4 heteroatoms. The van der Waals surface area contributed by atoms with Crippen LogP contribution in [0.1, 0.15) is 29.4 Å². The molecule has 2 aromatic rings. The Hall–Kier alpha value is -0.870. The number of hydrogen-bond acceptors (Lipinski definition) is 3. The first-order valence-electron chi connectivity index (χ1n) is 6.32. The largest absolute Gasteiger partial charge is 0.322 e. The molecular formula is C15H19ClN2S. The number of likely N-dealkylation sites (N-methyl/N-ethyl adjacent to an activating group) is 1. The van der Waals surface area contributed by atoms with Crippen LogP contribution in [0.5, 0.6) is 0 Å². The predicted molar refractivity (Wildman–Crippen MR) is 83.7 cm³/mol. The molecule has 0 saturated heterocycles. The molecule has 2 N–H and O–H groups in total. The molecule has 1 heterocycles. The molecule has 0 amide bonds. The van der Waals surface area contributed by atoms with Crippen molar-refractivity contribution in [3.63, 3.8) is 0 Å². The number of hydrogen-bond donors (Lipinski definition) is 1. The van der Waals surface area contributed by atoms with Gasteiger partial charge in [0.15, 0.2) is 0 Å². The number of halogens is 1. The topological polar surface area (TPSA) is 29.3 Å². The predicted octanol–water partition coefficient (Wildman–Crippen LogP) is 4.09. The Morgan fingerprint density at radius 1 is 1.26 bits per heavy atom. The quantitative estimate of drug-likeness (QED) is 0.900. The molecule has 0 fully saturated rings. The number of rotatable bonds is 5. The number of nitrogens with two attached hydrogens (primary N) is 1. The van der Waals surface area contributed by atoms with E-state index in [1.807, 2.05) is 18.2 Å². The summed E-state index contributed by atoms with van der Waals surface area (Å²) in [7, 11) is 2.10. The molecule has 0 aliphatic rings. The smallest absolute Gasteiger partial charge is 0.0519 e. The number of nitrogens with zero attached hydrogens (tertiary/aromatic N) is 1. The van der Waals surface area contributed by atoms with E-state index in [1.165, 1.54) is 10.4 Å². The molecule has 2 atom stereocenters. The van der Waals surface area contributed by atoms with E-state index in [0.29, 0.717) is 6.04 Å². The van der Waals surface area contributed by atoms with Crippen molar-refractivity contribution in [2.45, 2.75) is 19.0 Å². The van der Waals surface area contributed by atoms with E-state index >= 15 is 0 Å². The molecule has 2 unspecified atom stereocenters. The summed E-state index contributed by atoms with van der Waals surface area (Å²) in [6.45, 7) is 3.02. The zero-order chi connectivity index (χ0) is 13.8. The van der Waals surface area contributed by atoms with Crippen molar-refractivity contribution < 1.29 is 0 Å². The van der Waals surface area contributed by atoms with E-state index in [9.17, 15) is 0 Å². The van der Waals surface area contributed by atoms with Gasteiger partial charge in [0, 0.05) is 22.5 Å². The van der Waals surface area contributed by atoms with E-state index in [4.69, 9.17) is 17.3 Å². The third kappa shape index (κ3) is 3.80. The molecule has 19 heavy (non-hydrogen) atoms. The van der Waals surface area contributed by atoms with Gasteiger partial charge in [-0.1, -0.05) is 29.8 Å². The fraction of sp³-hybridized carbons (Fsp3) is 0.333. The van der Waals surface area contributed by atoms with Crippen LogP contribution < -0.4 is 5.73 Å². The number of benzene rings is 1. The van der Waals surface area contributed by atoms with Crippen molar-refractivity contribution in [1.29, 1.82) is 0 Å². The lowest BCUT2D eigenvalue weighted by Gasteiger charge is -2.27. The third-order valence-electron chi connectivity index (χ3n) is 3.41. The Morgan fingerprint density at radius 2 is 1.95 bits per heavy atom. The maximum Gasteiger partial charge on any atom is 0.0519 e. The summed E-state index contributed by atoms with van der Waals surface area (Å²) in [6, 6.07) is 12.5. The van der Waals surface area contributed by atoms with Gasteiger partial charge < -0.3 is 5.73 Å². The Morgan fingerprint density at radius 3 is 2.53 bits per heavy atom. The summed E-state index contributed by atoms with van der Waals surface area (Å²) >= 11 is 7.63. The fourth-order valence-corrected chi connectivity index (χ4v) is 2.90. The molecule has 0 radical (unpaired) electrons. The second kappa shape index (κ2) is 6.53. The van der Waals surface area contributed by atoms with Gasteiger partial charge in [-0.05, 0) is 43.1 Å². The molecule has 0 aliphatic carbocycles. The first-order chi connectivity index (χ1) is 9.08. The lowest BCUT2D eigenvalue weighted by atomic mass is 10.1. The summed E-state index contributed by atoms with van der Waals surface area (Å²) in [5.41, 5.74) is 7.48. The monoisotopic (exact) mass is 294 g/mol. The molecule has 2 nitrogen and oxygen atoms in total. The van der Waals surface area contributed by atoms with Crippen LogP contribution in [0.25, 0.3) is 0 Å². The van der Waals surface area contributed by atoms with E-state index in [0.717, 1.165) is 11.6 Å². The summed E-state index contributed by atoms with van der Waals surface area (Å²) < 4.78 is 0. The van der Waals surface area contributed by atoms with Gasteiger partial charge in [0.2, 0.25) is 0 Å². The maximum atomic E-state index is 6.23. The molecular weight excluding hydrogens is 276 g/mol. The zero-order valence-corrected chi connectivity index (χ0v) is 12.8. The van der Waals surface area contributed by atoms with Gasteiger partial charge in [-0.15, -0.1) is 11.3 Å². The lowest BCUT2D eigenvalue weighted by Crippen LogP contribution is -2.30. The summed E-state index contributed by atoms with van der Waals surface area (Å²) in [5, 5.41) is 2.84. The minimum absolute atomic E-state index is 0.0692.